The zero-order chi connectivity index (χ0) is 14.1. The second-order valence-corrected chi connectivity index (χ2v) is 4.58. The zero-order valence-corrected chi connectivity index (χ0v) is 12.1. The zero-order valence-electron chi connectivity index (χ0n) is 12.1. The molecule has 0 radical (unpaired) electrons. The first-order valence-corrected chi connectivity index (χ1v) is 6.97. The topological polar surface area (TPSA) is 42.2 Å². The summed E-state index contributed by atoms with van der Waals surface area (Å²) in [5.41, 5.74) is -0.263. The minimum absolute atomic E-state index is 0.263. The van der Waals surface area contributed by atoms with Gasteiger partial charge in [-0.05, 0) is 31.9 Å². The molecule has 0 fully saturated rings. The molecule has 0 aliphatic heterocycles. The van der Waals surface area contributed by atoms with Crippen LogP contribution in [0.2, 0.25) is 0 Å². The summed E-state index contributed by atoms with van der Waals surface area (Å²) in [6.45, 7) is 7.22. The van der Waals surface area contributed by atoms with Crippen LogP contribution in [0.25, 0.3) is 0 Å². The molecular formula is C16H23NO2. The molecule has 0 unspecified atom stereocenters. The molecule has 0 heterocycles. The van der Waals surface area contributed by atoms with Gasteiger partial charge in [0.25, 0.3) is 0 Å². The van der Waals surface area contributed by atoms with Crippen molar-refractivity contribution < 1.29 is 9.47 Å². The monoisotopic (exact) mass is 261 g/mol. The number of nitrogens with zero attached hydrogens (tertiary/aromatic N) is 1. The van der Waals surface area contributed by atoms with Gasteiger partial charge in [0.2, 0.25) is 0 Å². The van der Waals surface area contributed by atoms with E-state index in [-0.39, 0.29) is 5.41 Å². The molecule has 0 amide bonds. The quantitative estimate of drug-likeness (QED) is 0.704. The van der Waals surface area contributed by atoms with Crippen molar-refractivity contribution in [1.82, 2.24) is 0 Å². The van der Waals surface area contributed by atoms with Gasteiger partial charge >= 0.3 is 0 Å². The fourth-order valence-corrected chi connectivity index (χ4v) is 2.02. The summed E-state index contributed by atoms with van der Waals surface area (Å²) in [6, 6.07) is 10.1. The first kappa shape index (κ1) is 15.4. The summed E-state index contributed by atoms with van der Waals surface area (Å²) in [7, 11) is 0. The molecule has 1 rings (SSSR count). The van der Waals surface area contributed by atoms with Gasteiger partial charge in [-0.1, -0.05) is 26.0 Å². The highest BCUT2D eigenvalue weighted by Crippen LogP contribution is 2.31. The molecule has 0 saturated heterocycles. The molecule has 0 aromatic heterocycles. The van der Waals surface area contributed by atoms with E-state index in [4.69, 9.17) is 9.47 Å². The van der Waals surface area contributed by atoms with Crippen molar-refractivity contribution in [1.29, 1.82) is 5.26 Å². The van der Waals surface area contributed by atoms with Crippen molar-refractivity contribution >= 4 is 0 Å². The number of hydrogen-bond donors (Lipinski definition) is 0. The van der Waals surface area contributed by atoms with Gasteiger partial charge in [-0.15, -0.1) is 0 Å². The van der Waals surface area contributed by atoms with Crippen molar-refractivity contribution in [2.24, 2.45) is 5.41 Å². The molecule has 3 heteroatoms. The maximum atomic E-state index is 9.28. The van der Waals surface area contributed by atoms with E-state index in [1.165, 1.54) is 0 Å². The van der Waals surface area contributed by atoms with Crippen molar-refractivity contribution in [2.45, 2.75) is 40.0 Å². The van der Waals surface area contributed by atoms with Crippen molar-refractivity contribution in [3.8, 4) is 17.6 Å². The van der Waals surface area contributed by atoms with Gasteiger partial charge in [-0.3, -0.25) is 0 Å². The van der Waals surface area contributed by atoms with Crippen LogP contribution in [-0.2, 0) is 0 Å². The largest absolute Gasteiger partial charge is 0.490 e. The standard InChI is InChI=1S/C16H23NO2/c1-4-16(5-2,13-17)11-12-19-15-10-8-7-9-14(15)18-6-3/h7-10H,4-6,11-12H2,1-3H3. The Labute approximate surface area is 116 Å². The number of rotatable bonds is 8. The normalized spacial score (nSPS) is 10.8. The van der Waals surface area contributed by atoms with E-state index in [1.807, 2.05) is 31.2 Å². The number of ether oxygens (including phenoxy) is 2. The minimum atomic E-state index is -0.263. The molecule has 0 bridgehead atoms. The third kappa shape index (κ3) is 4.17. The molecule has 1 aromatic carbocycles. The molecular weight excluding hydrogens is 238 g/mol. The molecule has 0 saturated carbocycles. The Balaban J connectivity index is 2.60. The summed E-state index contributed by atoms with van der Waals surface area (Å²) < 4.78 is 11.3. The number of para-hydroxylation sites is 2. The molecule has 19 heavy (non-hydrogen) atoms. The highest BCUT2D eigenvalue weighted by Gasteiger charge is 2.25. The molecule has 0 N–H and O–H groups in total. The average molecular weight is 261 g/mol. The third-order valence-corrected chi connectivity index (χ3v) is 3.58. The van der Waals surface area contributed by atoms with Crippen LogP contribution in [0, 0.1) is 16.7 Å². The lowest BCUT2D eigenvalue weighted by atomic mass is 9.81. The lowest BCUT2D eigenvalue weighted by Gasteiger charge is -2.23. The van der Waals surface area contributed by atoms with Gasteiger partial charge in [0.05, 0.1) is 24.7 Å². The van der Waals surface area contributed by atoms with Gasteiger partial charge in [0.15, 0.2) is 11.5 Å². The summed E-state index contributed by atoms with van der Waals surface area (Å²) in [4.78, 5) is 0. The number of benzene rings is 1. The van der Waals surface area contributed by atoms with E-state index in [9.17, 15) is 5.26 Å². The van der Waals surface area contributed by atoms with Gasteiger partial charge in [-0.2, -0.15) is 5.26 Å². The van der Waals surface area contributed by atoms with E-state index in [1.54, 1.807) is 0 Å². The first-order valence-electron chi connectivity index (χ1n) is 6.97. The van der Waals surface area contributed by atoms with Crippen LogP contribution in [-0.4, -0.2) is 13.2 Å². The highest BCUT2D eigenvalue weighted by atomic mass is 16.5. The van der Waals surface area contributed by atoms with E-state index >= 15 is 0 Å². The van der Waals surface area contributed by atoms with Gasteiger partial charge in [0, 0.05) is 6.42 Å². The van der Waals surface area contributed by atoms with Crippen LogP contribution in [0.4, 0.5) is 0 Å². The van der Waals surface area contributed by atoms with E-state index < -0.39 is 0 Å². The maximum Gasteiger partial charge on any atom is 0.161 e. The molecule has 0 spiro atoms. The fraction of sp³-hybridized carbons (Fsp3) is 0.562. The van der Waals surface area contributed by atoms with E-state index in [2.05, 4.69) is 19.9 Å². The Morgan fingerprint density at radius 2 is 1.63 bits per heavy atom. The number of nitriles is 1. The predicted octanol–water partition coefficient (Wildman–Crippen LogP) is 4.18. The van der Waals surface area contributed by atoms with Crippen LogP contribution in [0.15, 0.2) is 24.3 Å². The van der Waals surface area contributed by atoms with Crippen molar-refractivity contribution in [2.75, 3.05) is 13.2 Å². The average Bonchev–Trinajstić information content (AvgIpc) is 2.46. The summed E-state index contributed by atoms with van der Waals surface area (Å²) in [5, 5.41) is 9.28. The molecule has 3 nitrogen and oxygen atoms in total. The lowest BCUT2D eigenvalue weighted by Crippen LogP contribution is -2.20. The second-order valence-electron chi connectivity index (χ2n) is 4.58. The summed E-state index contributed by atoms with van der Waals surface area (Å²) in [6.07, 6.45) is 2.46. The van der Waals surface area contributed by atoms with E-state index in [0.717, 1.165) is 30.8 Å². The molecule has 0 atom stereocenters. The third-order valence-electron chi connectivity index (χ3n) is 3.58. The molecule has 1 aromatic rings. The molecule has 0 aliphatic carbocycles. The lowest BCUT2D eigenvalue weighted by molar-refractivity contribution is 0.220. The van der Waals surface area contributed by atoms with Crippen molar-refractivity contribution in [3.05, 3.63) is 24.3 Å². The SMILES string of the molecule is CCOc1ccccc1OCCC(C#N)(CC)CC. The van der Waals surface area contributed by atoms with Crippen LogP contribution < -0.4 is 9.47 Å². The van der Waals surface area contributed by atoms with Gasteiger partial charge < -0.3 is 9.47 Å². The fourth-order valence-electron chi connectivity index (χ4n) is 2.02. The Kier molecular flexibility index (Phi) is 6.21. The first-order chi connectivity index (χ1) is 9.21. The maximum absolute atomic E-state index is 9.28. The Morgan fingerprint density at radius 1 is 1.05 bits per heavy atom. The van der Waals surface area contributed by atoms with Crippen LogP contribution >= 0.6 is 0 Å². The Hall–Kier alpha value is -1.69. The Morgan fingerprint density at radius 3 is 2.11 bits per heavy atom. The molecule has 0 aliphatic rings. The highest BCUT2D eigenvalue weighted by molar-refractivity contribution is 5.39. The van der Waals surface area contributed by atoms with Crippen LogP contribution in [0.1, 0.15) is 40.0 Å². The smallest absolute Gasteiger partial charge is 0.161 e. The second kappa shape index (κ2) is 7.68. The summed E-state index contributed by atoms with van der Waals surface area (Å²) in [5.74, 6) is 1.52. The Bertz CT molecular complexity index is 419. The van der Waals surface area contributed by atoms with Crippen LogP contribution in [0.5, 0.6) is 11.5 Å². The number of hydrogen-bond acceptors (Lipinski definition) is 3. The van der Waals surface area contributed by atoms with Gasteiger partial charge in [-0.25, -0.2) is 0 Å². The van der Waals surface area contributed by atoms with Crippen molar-refractivity contribution in [3.63, 3.8) is 0 Å². The minimum Gasteiger partial charge on any atom is -0.490 e. The van der Waals surface area contributed by atoms with E-state index in [0.29, 0.717) is 13.2 Å². The molecule has 104 valence electrons. The van der Waals surface area contributed by atoms with Crippen LogP contribution in [0.3, 0.4) is 0 Å². The predicted molar refractivity (Wildman–Crippen MR) is 76.4 cm³/mol. The summed E-state index contributed by atoms with van der Waals surface area (Å²) >= 11 is 0. The van der Waals surface area contributed by atoms with Gasteiger partial charge in [0.1, 0.15) is 0 Å².